The van der Waals surface area contributed by atoms with Crippen LogP contribution in [0.2, 0.25) is 0 Å². The van der Waals surface area contributed by atoms with Gasteiger partial charge >= 0.3 is 0 Å². The molecular weight excluding hydrogens is 304 g/mol. The third-order valence-corrected chi connectivity index (χ3v) is 5.51. The molecular formula is C18H24N4O2. The molecule has 0 spiro atoms. The first-order valence-electron chi connectivity index (χ1n) is 8.82. The van der Waals surface area contributed by atoms with E-state index in [2.05, 4.69) is 15.3 Å². The highest BCUT2D eigenvalue weighted by molar-refractivity contribution is 5.95. The van der Waals surface area contributed by atoms with Crippen LogP contribution in [0.25, 0.3) is 0 Å². The highest BCUT2D eigenvalue weighted by Gasteiger charge is 2.35. The number of nitrogens with one attached hydrogen (secondary N) is 2. The van der Waals surface area contributed by atoms with Gasteiger partial charge in [0.25, 0.3) is 5.91 Å². The Hall–Kier alpha value is -2.08. The second-order valence-electron chi connectivity index (χ2n) is 7.18. The fraction of sp³-hybridized carbons (Fsp3) is 0.556. The quantitative estimate of drug-likeness (QED) is 0.785. The third kappa shape index (κ3) is 2.98. The van der Waals surface area contributed by atoms with Crippen LogP contribution < -0.4 is 5.32 Å². The highest BCUT2D eigenvalue weighted by atomic mass is 16.3. The Morgan fingerprint density at radius 1 is 1.42 bits per heavy atom. The van der Waals surface area contributed by atoms with Gasteiger partial charge in [-0.05, 0) is 43.6 Å². The number of aliphatic hydroxyl groups is 1. The molecule has 0 bridgehead atoms. The summed E-state index contributed by atoms with van der Waals surface area (Å²) >= 11 is 0. The Balaban J connectivity index is 1.38. The number of aliphatic hydroxyl groups excluding tert-OH is 1. The molecule has 128 valence electrons. The van der Waals surface area contributed by atoms with Gasteiger partial charge in [-0.2, -0.15) is 0 Å². The van der Waals surface area contributed by atoms with Gasteiger partial charge < -0.3 is 20.0 Å². The molecule has 3 N–H and O–H groups in total. The fourth-order valence-corrected chi connectivity index (χ4v) is 3.98. The summed E-state index contributed by atoms with van der Waals surface area (Å²) < 4.78 is 2.03. The summed E-state index contributed by atoms with van der Waals surface area (Å²) in [6.07, 6.45) is 11.9. The molecule has 0 aromatic carbocycles. The maximum absolute atomic E-state index is 12.6. The first kappa shape index (κ1) is 15.4. The Morgan fingerprint density at radius 2 is 2.29 bits per heavy atom. The molecule has 2 aliphatic rings. The minimum atomic E-state index is -0.478. The molecule has 0 saturated heterocycles. The Kier molecular flexibility index (Phi) is 4.14. The van der Waals surface area contributed by atoms with Crippen molar-refractivity contribution in [3.05, 3.63) is 42.2 Å². The van der Waals surface area contributed by atoms with Crippen LogP contribution in [0.3, 0.4) is 0 Å². The molecule has 2 aromatic rings. The largest absolute Gasteiger partial charge is 0.391 e. The molecule has 4 rings (SSSR count). The van der Waals surface area contributed by atoms with Crippen molar-refractivity contribution in [1.82, 2.24) is 19.9 Å². The lowest BCUT2D eigenvalue weighted by atomic mass is 9.81. The van der Waals surface area contributed by atoms with E-state index in [1.165, 1.54) is 6.42 Å². The van der Waals surface area contributed by atoms with E-state index in [4.69, 9.17) is 0 Å². The van der Waals surface area contributed by atoms with Crippen molar-refractivity contribution < 1.29 is 9.90 Å². The van der Waals surface area contributed by atoms with E-state index in [1.807, 2.05) is 23.0 Å². The molecule has 0 aliphatic heterocycles. The van der Waals surface area contributed by atoms with Gasteiger partial charge in [0, 0.05) is 30.8 Å². The summed E-state index contributed by atoms with van der Waals surface area (Å²) in [6.45, 7) is 0.834. The lowest BCUT2D eigenvalue weighted by Crippen LogP contribution is -2.40. The van der Waals surface area contributed by atoms with Crippen molar-refractivity contribution in [1.29, 1.82) is 0 Å². The van der Waals surface area contributed by atoms with Gasteiger partial charge in [0.2, 0.25) is 0 Å². The number of nitrogens with zero attached hydrogens (tertiary/aromatic N) is 2. The third-order valence-electron chi connectivity index (χ3n) is 5.51. The average molecular weight is 328 g/mol. The van der Waals surface area contributed by atoms with Crippen molar-refractivity contribution in [3.63, 3.8) is 0 Å². The SMILES string of the molecule is O=C(N[C@@H]1CC(Cn2ccnc2)C[C@H]1O)c1cc[nH]c1C1CCC1. The van der Waals surface area contributed by atoms with Crippen molar-refractivity contribution in [2.24, 2.45) is 5.92 Å². The second-order valence-corrected chi connectivity index (χ2v) is 7.18. The van der Waals surface area contributed by atoms with Crippen LogP contribution in [0.1, 0.15) is 54.1 Å². The van der Waals surface area contributed by atoms with Gasteiger partial charge in [0.05, 0.1) is 24.0 Å². The molecule has 1 unspecified atom stereocenters. The van der Waals surface area contributed by atoms with E-state index in [0.717, 1.165) is 37.1 Å². The number of hydrogen-bond donors (Lipinski definition) is 3. The van der Waals surface area contributed by atoms with E-state index in [1.54, 1.807) is 12.5 Å². The van der Waals surface area contributed by atoms with Crippen LogP contribution >= 0.6 is 0 Å². The van der Waals surface area contributed by atoms with E-state index in [0.29, 0.717) is 18.3 Å². The topological polar surface area (TPSA) is 82.9 Å². The fourth-order valence-electron chi connectivity index (χ4n) is 3.98. The molecule has 2 aromatic heterocycles. The zero-order valence-electron chi connectivity index (χ0n) is 13.7. The number of aromatic nitrogens is 3. The standard InChI is InChI=1S/C18H24N4O2/c23-16-9-12(10-22-7-6-19-11-22)8-15(16)21-18(24)14-4-5-20-17(14)13-2-1-3-13/h4-7,11-13,15-16,20,23H,1-3,8-10H2,(H,21,24)/t12?,15-,16-/m1/s1. The van der Waals surface area contributed by atoms with Crippen molar-refractivity contribution in [3.8, 4) is 0 Å². The number of carbonyl (C=O) groups excluding carboxylic acids is 1. The van der Waals surface area contributed by atoms with Crippen molar-refractivity contribution >= 4 is 5.91 Å². The van der Waals surface area contributed by atoms with Crippen LogP contribution in [-0.2, 0) is 6.54 Å². The molecule has 3 atom stereocenters. The van der Waals surface area contributed by atoms with Crippen LogP contribution in [0.4, 0.5) is 0 Å². The maximum atomic E-state index is 12.6. The van der Waals surface area contributed by atoms with Crippen LogP contribution in [0.5, 0.6) is 0 Å². The molecule has 2 aliphatic carbocycles. The van der Waals surface area contributed by atoms with Crippen molar-refractivity contribution in [2.45, 2.75) is 56.7 Å². The van der Waals surface area contributed by atoms with Gasteiger partial charge in [0.1, 0.15) is 0 Å². The van der Waals surface area contributed by atoms with E-state index >= 15 is 0 Å². The van der Waals surface area contributed by atoms with Crippen LogP contribution in [-0.4, -0.2) is 37.7 Å². The number of amides is 1. The summed E-state index contributed by atoms with van der Waals surface area (Å²) in [4.78, 5) is 19.9. The predicted molar refractivity (Wildman–Crippen MR) is 89.6 cm³/mol. The number of hydrogen-bond acceptors (Lipinski definition) is 3. The summed E-state index contributed by atoms with van der Waals surface area (Å²) in [5.41, 5.74) is 1.80. The zero-order chi connectivity index (χ0) is 16.5. The lowest BCUT2D eigenvalue weighted by molar-refractivity contribution is 0.0871. The predicted octanol–water partition coefficient (Wildman–Crippen LogP) is 2.05. The van der Waals surface area contributed by atoms with E-state index in [-0.39, 0.29) is 11.9 Å². The summed E-state index contributed by atoms with van der Waals surface area (Å²) in [5.74, 6) is 0.783. The first-order chi connectivity index (χ1) is 11.7. The lowest BCUT2D eigenvalue weighted by Gasteiger charge is -2.26. The van der Waals surface area contributed by atoms with Gasteiger partial charge in [-0.25, -0.2) is 4.98 Å². The van der Waals surface area contributed by atoms with Crippen molar-refractivity contribution in [2.75, 3.05) is 0 Å². The molecule has 2 fully saturated rings. The smallest absolute Gasteiger partial charge is 0.253 e. The number of imidazole rings is 1. The summed E-state index contributed by atoms with van der Waals surface area (Å²) in [6, 6.07) is 1.68. The molecule has 0 radical (unpaired) electrons. The zero-order valence-corrected chi connectivity index (χ0v) is 13.7. The van der Waals surface area contributed by atoms with Gasteiger partial charge in [-0.3, -0.25) is 4.79 Å². The number of carbonyl (C=O) groups is 1. The van der Waals surface area contributed by atoms with E-state index < -0.39 is 6.10 Å². The van der Waals surface area contributed by atoms with Gasteiger partial charge in [-0.15, -0.1) is 0 Å². The average Bonchev–Trinajstić information content (AvgIpc) is 3.21. The molecule has 2 saturated carbocycles. The van der Waals surface area contributed by atoms with Gasteiger partial charge in [-0.1, -0.05) is 6.42 Å². The van der Waals surface area contributed by atoms with E-state index in [9.17, 15) is 9.90 Å². The van der Waals surface area contributed by atoms with Crippen LogP contribution in [0, 0.1) is 5.92 Å². The minimum absolute atomic E-state index is 0.0644. The molecule has 24 heavy (non-hydrogen) atoms. The highest BCUT2D eigenvalue weighted by Crippen LogP contribution is 2.37. The summed E-state index contributed by atoms with van der Waals surface area (Å²) in [7, 11) is 0. The molecule has 6 nitrogen and oxygen atoms in total. The van der Waals surface area contributed by atoms with Gasteiger partial charge in [0.15, 0.2) is 0 Å². The monoisotopic (exact) mass is 328 g/mol. The summed E-state index contributed by atoms with van der Waals surface area (Å²) in [5, 5.41) is 13.4. The number of rotatable bonds is 5. The Labute approximate surface area is 141 Å². The minimum Gasteiger partial charge on any atom is -0.391 e. The second kappa shape index (κ2) is 6.43. The Bertz CT molecular complexity index is 690. The van der Waals surface area contributed by atoms with Crippen LogP contribution in [0.15, 0.2) is 31.0 Å². The normalized spacial score (nSPS) is 27.1. The number of H-pyrrole nitrogens is 1. The maximum Gasteiger partial charge on any atom is 0.253 e. The number of aromatic amines is 1. The molecule has 2 heterocycles. The molecule has 6 heteroatoms. The first-order valence-corrected chi connectivity index (χ1v) is 8.82. The Morgan fingerprint density at radius 3 is 3.00 bits per heavy atom. The molecule has 1 amide bonds.